The van der Waals surface area contributed by atoms with Crippen LogP contribution in [0.2, 0.25) is 5.02 Å². The zero-order valence-corrected chi connectivity index (χ0v) is 19.5. The fourth-order valence-electron chi connectivity index (χ4n) is 4.16. The Bertz CT molecular complexity index is 1290. The first kappa shape index (κ1) is 25.1. The van der Waals surface area contributed by atoms with Gasteiger partial charge in [0.05, 0.1) is 10.7 Å². The molecule has 7 nitrogen and oxygen atoms in total. The highest BCUT2D eigenvalue weighted by Crippen LogP contribution is 2.53. The molecule has 1 N–H and O–H groups in total. The molecule has 186 valence electrons. The number of hydrogen-bond donors (Lipinski definition) is 1. The lowest BCUT2D eigenvalue weighted by Gasteiger charge is -2.29. The molecule has 36 heavy (non-hydrogen) atoms. The van der Waals surface area contributed by atoms with Crippen molar-refractivity contribution in [1.29, 1.82) is 0 Å². The predicted molar refractivity (Wildman–Crippen MR) is 122 cm³/mol. The van der Waals surface area contributed by atoms with Crippen LogP contribution in [0.4, 0.5) is 18.9 Å². The highest BCUT2D eigenvalue weighted by Gasteiger charge is 2.52. The van der Waals surface area contributed by atoms with Crippen molar-refractivity contribution in [3.8, 4) is 17.2 Å². The lowest BCUT2D eigenvalue weighted by molar-refractivity contribution is -0.274. The third kappa shape index (κ3) is 4.59. The van der Waals surface area contributed by atoms with Gasteiger partial charge in [-0.05, 0) is 41.5 Å². The normalized spacial score (nSPS) is 14.0. The van der Waals surface area contributed by atoms with E-state index in [-0.39, 0.29) is 27.8 Å². The third-order valence-electron chi connectivity index (χ3n) is 5.41. The molecule has 0 spiro atoms. The quantitative estimate of drug-likeness (QED) is 0.360. The fraction of sp³-hybridized carbons (Fsp3) is 0.160. The first-order valence-electron chi connectivity index (χ1n) is 10.4. The van der Waals surface area contributed by atoms with Gasteiger partial charge < -0.3 is 19.5 Å². The maximum absolute atomic E-state index is 13.6. The van der Waals surface area contributed by atoms with Crippen LogP contribution in [0.25, 0.3) is 0 Å². The number of carbonyl (C=O) groups is 3. The summed E-state index contributed by atoms with van der Waals surface area (Å²) in [5, 5.41) is 2.14. The van der Waals surface area contributed by atoms with Crippen molar-refractivity contribution in [3.63, 3.8) is 0 Å². The number of hydrogen-bond acceptors (Lipinski definition) is 6. The Labute approximate surface area is 207 Å². The van der Waals surface area contributed by atoms with Crippen molar-refractivity contribution in [3.05, 3.63) is 82.4 Å². The highest BCUT2D eigenvalue weighted by atomic mass is 35.5. The molecule has 11 heteroatoms. The summed E-state index contributed by atoms with van der Waals surface area (Å²) in [6, 6.07) is 14.5. The van der Waals surface area contributed by atoms with Gasteiger partial charge in [-0.25, -0.2) is 0 Å². The smallest absolute Gasteiger partial charge is 0.427 e. The van der Waals surface area contributed by atoms with Gasteiger partial charge in [-0.15, -0.1) is 13.2 Å². The molecule has 0 fully saturated rings. The van der Waals surface area contributed by atoms with Crippen LogP contribution in [-0.4, -0.2) is 24.2 Å². The van der Waals surface area contributed by atoms with Crippen molar-refractivity contribution >= 4 is 35.1 Å². The number of esters is 2. The number of alkyl halides is 3. The second kappa shape index (κ2) is 9.19. The number of benzene rings is 3. The van der Waals surface area contributed by atoms with E-state index in [4.69, 9.17) is 21.1 Å². The largest absolute Gasteiger partial charge is 0.573 e. The number of carbonyl (C=O) groups excluding carboxylic acids is 3. The van der Waals surface area contributed by atoms with Crippen LogP contribution < -0.4 is 19.5 Å². The molecule has 0 atom stereocenters. The molecule has 3 aromatic carbocycles. The summed E-state index contributed by atoms with van der Waals surface area (Å²) >= 11 is 6.01. The number of anilines is 1. The molecule has 1 aliphatic rings. The minimum atomic E-state index is -5.06. The maximum Gasteiger partial charge on any atom is 0.573 e. The number of nitrogens with one attached hydrogen (secondary N) is 1. The van der Waals surface area contributed by atoms with Gasteiger partial charge >= 0.3 is 18.3 Å². The Morgan fingerprint density at radius 1 is 0.833 bits per heavy atom. The van der Waals surface area contributed by atoms with Crippen LogP contribution in [0, 0.1) is 0 Å². The number of ether oxygens (including phenoxy) is 3. The van der Waals surface area contributed by atoms with E-state index in [0.717, 1.165) is 0 Å². The van der Waals surface area contributed by atoms with Gasteiger partial charge in [0.25, 0.3) is 0 Å². The van der Waals surface area contributed by atoms with Crippen LogP contribution in [0.15, 0.2) is 60.7 Å². The fourth-order valence-corrected chi connectivity index (χ4v) is 4.35. The third-order valence-corrected chi connectivity index (χ3v) is 5.71. The van der Waals surface area contributed by atoms with E-state index < -0.39 is 35.4 Å². The summed E-state index contributed by atoms with van der Waals surface area (Å²) in [5.74, 6) is -2.10. The van der Waals surface area contributed by atoms with Gasteiger partial charge in [0.1, 0.15) is 16.9 Å². The highest BCUT2D eigenvalue weighted by molar-refractivity contribution is 6.33. The second-order valence-electron chi connectivity index (χ2n) is 7.79. The zero-order valence-electron chi connectivity index (χ0n) is 18.7. The number of amides is 1. The maximum atomic E-state index is 13.6. The first-order valence-corrected chi connectivity index (χ1v) is 10.8. The number of rotatable bonds is 5. The van der Waals surface area contributed by atoms with E-state index in [1.54, 1.807) is 0 Å². The number of halogens is 4. The van der Waals surface area contributed by atoms with E-state index in [1.165, 1.54) is 74.5 Å². The second-order valence-corrected chi connectivity index (χ2v) is 8.19. The van der Waals surface area contributed by atoms with Crippen LogP contribution in [0.5, 0.6) is 17.2 Å². The molecule has 0 bridgehead atoms. The summed E-state index contributed by atoms with van der Waals surface area (Å²) in [7, 11) is 0. The van der Waals surface area contributed by atoms with Crippen LogP contribution in [0.3, 0.4) is 0 Å². The Kier molecular flexibility index (Phi) is 6.40. The van der Waals surface area contributed by atoms with Gasteiger partial charge in [-0.2, -0.15) is 0 Å². The van der Waals surface area contributed by atoms with Crippen molar-refractivity contribution in [2.24, 2.45) is 0 Å². The monoisotopic (exact) mass is 519 g/mol. The molecule has 0 unspecified atom stereocenters. The molecular formula is C25H17ClF3NO6. The molecule has 0 saturated carbocycles. The van der Waals surface area contributed by atoms with Crippen molar-refractivity contribution in [2.45, 2.75) is 25.6 Å². The Balaban J connectivity index is 1.95. The van der Waals surface area contributed by atoms with Crippen molar-refractivity contribution < 1.29 is 41.8 Å². The van der Waals surface area contributed by atoms with Crippen molar-refractivity contribution in [1.82, 2.24) is 0 Å². The molecule has 0 radical (unpaired) electrons. The van der Waals surface area contributed by atoms with Crippen LogP contribution in [0.1, 0.15) is 30.5 Å². The Hall–Kier alpha value is -4.05. The SMILES string of the molecule is CC(=O)Oc1ccc(C2(c3ccc(OC(C)=O)cc3)C(=O)Nc3c2ccc(Cl)c3OC(F)(F)F)cc1. The lowest BCUT2D eigenvalue weighted by Crippen LogP contribution is -2.37. The van der Waals surface area contributed by atoms with Gasteiger partial charge in [0, 0.05) is 19.4 Å². The molecule has 4 rings (SSSR count). The van der Waals surface area contributed by atoms with Gasteiger partial charge in [0.2, 0.25) is 5.91 Å². The van der Waals surface area contributed by atoms with Gasteiger partial charge in [-0.1, -0.05) is 41.9 Å². The Morgan fingerprint density at radius 3 is 1.72 bits per heavy atom. The summed E-state index contributed by atoms with van der Waals surface area (Å²) < 4.78 is 53.7. The van der Waals surface area contributed by atoms with Crippen molar-refractivity contribution in [2.75, 3.05) is 5.32 Å². The summed E-state index contributed by atoms with van der Waals surface area (Å²) in [5.41, 5.74) is -1.02. The van der Waals surface area contributed by atoms with Gasteiger partial charge in [0.15, 0.2) is 5.75 Å². The molecular weight excluding hydrogens is 503 g/mol. The Morgan fingerprint density at radius 2 is 1.31 bits per heavy atom. The summed E-state index contributed by atoms with van der Waals surface area (Å²) in [6.45, 7) is 2.46. The first-order chi connectivity index (χ1) is 16.9. The van der Waals surface area contributed by atoms with E-state index in [2.05, 4.69) is 10.1 Å². The van der Waals surface area contributed by atoms with Crippen LogP contribution >= 0.6 is 11.6 Å². The minimum absolute atomic E-state index is 0.150. The molecule has 1 heterocycles. The topological polar surface area (TPSA) is 90.9 Å². The van der Waals surface area contributed by atoms with Crippen LogP contribution in [-0.2, 0) is 19.8 Å². The predicted octanol–water partition coefficient (Wildman–Crippen LogP) is 5.38. The molecule has 0 aliphatic carbocycles. The van der Waals surface area contributed by atoms with E-state index in [1.807, 2.05) is 0 Å². The minimum Gasteiger partial charge on any atom is -0.427 e. The molecule has 0 saturated heterocycles. The van der Waals surface area contributed by atoms with E-state index in [0.29, 0.717) is 11.1 Å². The van der Waals surface area contributed by atoms with E-state index in [9.17, 15) is 27.6 Å². The summed E-state index contributed by atoms with van der Waals surface area (Å²) in [4.78, 5) is 36.3. The lowest BCUT2D eigenvalue weighted by atomic mass is 9.70. The molecule has 0 aromatic heterocycles. The average Bonchev–Trinajstić information content (AvgIpc) is 3.08. The zero-order chi connectivity index (χ0) is 26.3. The standard InChI is InChI=1S/C25H17ClF3NO6/c1-13(31)34-17-7-3-15(4-8-17)24(16-5-9-18(10-6-16)35-14(2)32)19-11-12-20(26)22(36-25(27,28)29)21(19)30-23(24)33/h3-12H,1-2H3,(H,30,33). The summed E-state index contributed by atoms with van der Waals surface area (Å²) in [6.07, 6.45) is -5.06. The number of fused-ring (bicyclic) bond motifs is 1. The molecule has 3 aromatic rings. The van der Waals surface area contributed by atoms with Gasteiger partial charge in [-0.3, -0.25) is 14.4 Å². The average molecular weight is 520 g/mol. The molecule has 1 aliphatic heterocycles. The molecule has 1 amide bonds. The van der Waals surface area contributed by atoms with E-state index >= 15 is 0 Å².